The van der Waals surface area contributed by atoms with Crippen molar-refractivity contribution in [3.8, 4) is 0 Å². The van der Waals surface area contributed by atoms with E-state index in [9.17, 15) is 22.0 Å². The number of benzene rings is 1. The Labute approximate surface area is 128 Å². The van der Waals surface area contributed by atoms with Gasteiger partial charge in [0.25, 0.3) is 5.92 Å². The van der Waals surface area contributed by atoms with Crippen LogP contribution in [0, 0.1) is 0 Å². The number of hydrogen-bond acceptors (Lipinski definition) is 4. The molecule has 0 heterocycles. The zero-order valence-electron chi connectivity index (χ0n) is 12.1. The first-order valence-corrected chi connectivity index (χ1v) is 8.65. The normalized spacial score (nSPS) is 12.1. The van der Waals surface area contributed by atoms with Crippen molar-refractivity contribution in [2.75, 3.05) is 24.6 Å². The smallest absolute Gasteiger partial charge is 0.277 e. The molecule has 3 N–H and O–H groups in total. The minimum absolute atomic E-state index is 0.164. The maximum atomic E-state index is 12.8. The number of amides is 1. The van der Waals surface area contributed by atoms with Crippen LogP contribution < -0.4 is 11.1 Å². The number of halogens is 2. The maximum absolute atomic E-state index is 12.8. The van der Waals surface area contributed by atoms with E-state index in [0.717, 1.165) is 5.56 Å². The second-order valence-electron chi connectivity index (χ2n) is 5.02. The van der Waals surface area contributed by atoms with Crippen molar-refractivity contribution in [2.45, 2.75) is 18.8 Å². The largest absolute Gasteiger partial charge is 0.349 e. The Morgan fingerprint density at radius 1 is 1.23 bits per heavy atom. The van der Waals surface area contributed by atoms with Crippen molar-refractivity contribution in [2.24, 2.45) is 5.73 Å². The highest BCUT2D eigenvalue weighted by Gasteiger charge is 2.28. The van der Waals surface area contributed by atoms with Gasteiger partial charge in [-0.05, 0) is 18.4 Å². The number of carbonyl (C=O) groups is 1. The second-order valence-corrected chi connectivity index (χ2v) is 7.20. The molecule has 1 aromatic rings. The monoisotopic (exact) mass is 334 g/mol. The molecular weight excluding hydrogens is 314 g/mol. The lowest BCUT2D eigenvalue weighted by atomic mass is 10.1. The summed E-state index contributed by atoms with van der Waals surface area (Å²) in [6.07, 6.45) is 0.950. The third-order valence-electron chi connectivity index (χ3n) is 2.96. The molecule has 0 fully saturated rings. The highest BCUT2D eigenvalue weighted by atomic mass is 32.2. The van der Waals surface area contributed by atoms with Gasteiger partial charge in [0.2, 0.25) is 5.91 Å². The topological polar surface area (TPSA) is 89.3 Å². The fourth-order valence-corrected chi connectivity index (χ4v) is 2.99. The number of hydrogen-bond donors (Lipinski definition) is 2. The molecule has 5 nitrogen and oxygen atoms in total. The summed E-state index contributed by atoms with van der Waals surface area (Å²) < 4.78 is 49.2. The molecule has 22 heavy (non-hydrogen) atoms. The lowest BCUT2D eigenvalue weighted by Crippen LogP contribution is -2.43. The van der Waals surface area contributed by atoms with Crippen LogP contribution in [0.1, 0.15) is 12.0 Å². The minimum atomic E-state index is -3.61. The molecule has 1 aromatic carbocycles. The molecule has 0 aliphatic rings. The van der Waals surface area contributed by atoms with Crippen molar-refractivity contribution in [3.63, 3.8) is 0 Å². The molecule has 0 spiro atoms. The van der Waals surface area contributed by atoms with E-state index in [-0.39, 0.29) is 5.75 Å². The number of rotatable bonds is 9. The lowest BCUT2D eigenvalue weighted by molar-refractivity contribution is -0.120. The molecule has 0 unspecified atom stereocenters. The molecule has 1 rings (SSSR count). The standard InChI is InChI=1S/C14H20F2N2O3S/c15-14(16,10-17)11-18-13(19)9-22(20,21)8-4-7-12-5-2-1-3-6-12/h1-3,5-6H,4,7-11,17H2,(H,18,19). The third-order valence-corrected chi connectivity index (χ3v) is 4.57. The Bertz CT molecular complexity index is 577. The van der Waals surface area contributed by atoms with Crippen molar-refractivity contribution in [3.05, 3.63) is 35.9 Å². The first-order chi connectivity index (χ1) is 10.2. The molecule has 0 saturated carbocycles. The zero-order valence-corrected chi connectivity index (χ0v) is 12.9. The molecule has 0 saturated heterocycles. The molecule has 0 aromatic heterocycles. The Kier molecular flexibility index (Phi) is 6.89. The van der Waals surface area contributed by atoms with Gasteiger partial charge in [0.05, 0.1) is 18.8 Å². The van der Waals surface area contributed by atoms with Crippen LogP contribution in [0.5, 0.6) is 0 Å². The van der Waals surface area contributed by atoms with Crippen molar-refractivity contribution in [1.82, 2.24) is 5.32 Å². The predicted octanol–water partition coefficient (Wildman–Crippen LogP) is 0.744. The number of alkyl halides is 2. The van der Waals surface area contributed by atoms with Crippen LogP contribution in [-0.2, 0) is 21.1 Å². The van der Waals surface area contributed by atoms with E-state index in [1.54, 1.807) is 0 Å². The van der Waals surface area contributed by atoms with Crippen LogP contribution in [0.25, 0.3) is 0 Å². The van der Waals surface area contributed by atoms with E-state index >= 15 is 0 Å². The first kappa shape index (κ1) is 18.5. The van der Waals surface area contributed by atoms with Gasteiger partial charge in [0, 0.05) is 0 Å². The Balaban J connectivity index is 2.35. The van der Waals surface area contributed by atoms with Gasteiger partial charge in [-0.15, -0.1) is 0 Å². The third kappa shape index (κ3) is 7.46. The fourth-order valence-electron chi connectivity index (χ4n) is 1.76. The molecule has 8 heteroatoms. The molecule has 1 amide bonds. The van der Waals surface area contributed by atoms with Gasteiger partial charge in [0.15, 0.2) is 9.84 Å². The zero-order chi connectivity index (χ0) is 16.6. The van der Waals surface area contributed by atoms with E-state index in [1.807, 2.05) is 35.6 Å². The van der Waals surface area contributed by atoms with Crippen LogP contribution >= 0.6 is 0 Å². The Hall–Kier alpha value is -1.54. The summed E-state index contributed by atoms with van der Waals surface area (Å²) in [5, 5.41) is 1.89. The number of sulfone groups is 1. The number of aryl methyl sites for hydroxylation is 1. The quantitative estimate of drug-likeness (QED) is 0.697. The lowest BCUT2D eigenvalue weighted by Gasteiger charge is -2.14. The Morgan fingerprint density at radius 3 is 2.45 bits per heavy atom. The van der Waals surface area contributed by atoms with Gasteiger partial charge in [-0.1, -0.05) is 30.3 Å². The van der Waals surface area contributed by atoms with Crippen LogP contribution in [0.2, 0.25) is 0 Å². The molecule has 0 atom stereocenters. The first-order valence-electron chi connectivity index (χ1n) is 6.83. The summed E-state index contributed by atoms with van der Waals surface area (Å²) in [6, 6.07) is 9.34. The van der Waals surface area contributed by atoms with E-state index in [1.165, 1.54) is 0 Å². The fraction of sp³-hybridized carbons (Fsp3) is 0.500. The van der Waals surface area contributed by atoms with Gasteiger partial charge < -0.3 is 11.1 Å². The second kappa shape index (κ2) is 8.19. The molecular formula is C14H20F2N2O3S. The molecule has 124 valence electrons. The number of carbonyl (C=O) groups excluding carboxylic acids is 1. The van der Waals surface area contributed by atoms with Crippen molar-refractivity contribution in [1.29, 1.82) is 0 Å². The molecule has 0 aliphatic carbocycles. The van der Waals surface area contributed by atoms with Crippen LogP contribution in [0.3, 0.4) is 0 Å². The summed E-state index contributed by atoms with van der Waals surface area (Å²) in [5.74, 6) is -5.12. The highest BCUT2D eigenvalue weighted by Crippen LogP contribution is 2.09. The minimum Gasteiger partial charge on any atom is -0.349 e. The summed E-state index contributed by atoms with van der Waals surface area (Å²) in [6.45, 7) is -1.86. The van der Waals surface area contributed by atoms with Gasteiger partial charge in [-0.2, -0.15) is 0 Å². The van der Waals surface area contributed by atoms with Gasteiger partial charge in [0.1, 0.15) is 5.75 Å². The average Bonchev–Trinajstić information content (AvgIpc) is 2.46. The van der Waals surface area contributed by atoms with Gasteiger partial charge in [-0.25, -0.2) is 17.2 Å². The van der Waals surface area contributed by atoms with E-state index in [2.05, 4.69) is 0 Å². The molecule has 0 bridgehead atoms. The van der Waals surface area contributed by atoms with Gasteiger partial charge >= 0.3 is 0 Å². The van der Waals surface area contributed by atoms with Crippen LogP contribution in [0.4, 0.5) is 8.78 Å². The van der Waals surface area contributed by atoms with Gasteiger partial charge in [-0.3, -0.25) is 4.79 Å². The number of nitrogens with two attached hydrogens (primary N) is 1. The molecule has 0 radical (unpaired) electrons. The average molecular weight is 334 g/mol. The Morgan fingerprint density at radius 2 is 1.86 bits per heavy atom. The number of nitrogens with one attached hydrogen (secondary N) is 1. The molecule has 0 aliphatic heterocycles. The summed E-state index contributed by atoms with van der Waals surface area (Å²) in [7, 11) is -3.61. The summed E-state index contributed by atoms with van der Waals surface area (Å²) in [4.78, 5) is 11.4. The summed E-state index contributed by atoms with van der Waals surface area (Å²) >= 11 is 0. The van der Waals surface area contributed by atoms with Crippen molar-refractivity contribution < 1.29 is 22.0 Å². The van der Waals surface area contributed by atoms with E-state index < -0.39 is 40.5 Å². The maximum Gasteiger partial charge on any atom is 0.277 e. The summed E-state index contributed by atoms with van der Waals surface area (Å²) in [5.41, 5.74) is 5.83. The SMILES string of the molecule is NCC(F)(F)CNC(=O)CS(=O)(=O)CCCc1ccccc1. The van der Waals surface area contributed by atoms with Crippen LogP contribution in [-0.4, -0.2) is 44.8 Å². The van der Waals surface area contributed by atoms with E-state index in [0.29, 0.717) is 12.8 Å². The highest BCUT2D eigenvalue weighted by molar-refractivity contribution is 7.92. The van der Waals surface area contributed by atoms with Crippen LogP contribution in [0.15, 0.2) is 30.3 Å². The predicted molar refractivity (Wildman–Crippen MR) is 80.4 cm³/mol. The van der Waals surface area contributed by atoms with E-state index in [4.69, 9.17) is 5.73 Å². The van der Waals surface area contributed by atoms with Crippen molar-refractivity contribution >= 4 is 15.7 Å².